The molecule has 23 heavy (non-hydrogen) atoms. The van der Waals surface area contributed by atoms with Gasteiger partial charge in [0.2, 0.25) is 0 Å². The molecule has 5 atom stereocenters. The summed E-state index contributed by atoms with van der Waals surface area (Å²) in [6, 6.07) is 1.11. The maximum atomic E-state index is 11.8. The van der Waals surface area contributed by atoms with Crippen LogP contribution in [-0.2, 0) is 30.3 Å². The van der Waals surface area contributed by atoms with Gasteiger partial charge in [-0.05, 0) is 11.8 Å². The molecule has 0 bridgehead atoms. The van der Waals surface area contributed by atoms with E-state index in [0.29, 0.717) is 0 Å². The Hall–Kier alpha value is -0.910. The molecule has 1 aliphatic heterocycles. The SMILES string of the molecule is COC[C@H]1O[C@@H](n2ccc(=O)[nH]c2=O)[C@H](O)[C@@H]1OP(O)(=S)OC. The maximum absolute atomic E-state index is 11.8. The van der Waals surface area contributed by atoms with Crippen LogP contribution in [0.15, 0.2) is 21.9 Å². The minimum atomic E-state index is -3.57. The Morgan fingerprint density at radius 2 is 2.17 bits per heavy atom. The van der Waals surface area contributed by atoms with Crippen LogP contribution in [0.4, 0.5) is 0 Å². The Labute approximate surface area is 135 Å². The van der Waals surface area contributed by atoms with Crippen LogP contribution < -0.4 is 11.2 Å². The first-order valence-corrected chi connectivity index (χ1v) is 9.09. The topological polar surface area (TPSA) is 132 Å². The summed E-state index contributed by atoms with van der Waals surface area (Å²) < 4.78 is 21.5. The van der Waals surface area contributed by atoms with Crippen LogP contribution in [0.2, 0.25) is 0 Å². The standard InChI is InChI=1S/C11H17N2O8PS/c1-18-5-6-9(21-22(17,23)19-2)8(15)10(20-6)13-4-3-7(14)12-11(13)16/h3-4,6,8-10,15H,5H2,1-2H3,(H,17,23)(H,12,14,16)/t6-,8-,9-,10-,22?/m1/s1. The zero-order chi connectivity index (χ0) is 17.2. The van der Waals surface area contributed by atoms with Crippen molar-refractivity contribution in [3.05, 3.63) is 33.1 Å². The molecular weight excluding hydrogens is 351 g/mol. The smallest absolute Gasteiger partial charge is 0.330 e. The van der Waals surface area contributed by atoms with Gasteiger partial charge in [-0.15, -0.1) is 0 Å². The number of H-pyrrole nitrogens is 1. The van der Waals surface area contributed by atoms with Gasteiger partial charge in [0.05, 0.1) is 6.61 Å². The monoisotopic (exact) mass is 368 g/mol. The van der Waals surface area contributed by atoms with Crippen molar-refractivity contribution < 1.29 is 28.5 Å². The third-order valence-electron chi connectivity index (χ3n) is 3.25. The van der Waals surface area contributed by atoms with Crippen LogP contribution in [0.5, 0.6) is 0 Å². The van der Waals surface area contributed by atoms with Gasteiger partial charge in [0, 0.05) is 26.5 Å². The number of nitrogens with one attached hydrogen (secondary N) is 1. The van der Waals surface area contributed by atoms with Crippen molar-refractivity contribution in [2.75, 3.05) is 20.8 Å². The van der Waals surface area contributed by atoms with E-state index in [-0.39, 0.29) is 6.61 Å². The largest absolute Gasteiger partial charge is 0.386 e. The van der Waals surface area contributed by atoms with Gasteiger partial charge in [-0.2, -0.15) is 0 Å². The quantitative estimate of drug-likeness (QED) is 0.524. The fraction of sp³-hybridized carbons (Fsp3) is 0.636. The molecule has 3 N–H and O–H groups in total. The van der Waals surface area contributed by atoms with E-state index in [1.807, 2.05) is 0 Å². The molecule has 12 heteroatoms. The van der Waals surface area contributed by atoms with Crippen molar-refractivity contribution >= 4 is 18.5 Å². The summed E-state index contributed by atoms with van der Waals surface area (Å²) in [6.07, 6.45) is -3.18. The number of aromatic amines is 1. The van der Waals surface area contributed by atoms with E-state index in [1.54, 1.807) is 0 Å². The van der Waals surface area contributed by atoms with Crippen LogP contribution in [0, 0.1) is 0 Å². The molecular formula is C11H17N2O8PS. The predicted molar refractivity (Wildman–Crippen MR) is 81.5 cm³/mol. The molecule has 0 aromatic carbocycles. The first-order valence-electron chi connectivity index (χ1n) is 6.50. The van der Waals surface area contributed by atoms with Crippen molar-refractivity contribution in [2.45, 2.75) is 24.5 Å². The Kier molecular flexibility index (Phi) is 5.87. The summed E-state index contributed by atoms with van der Waals surface area (Å²) in [5.74, 6) is 0. The molecule has 2 rings (SSSR count). The number of aliphatic hydroxyl groups is 1. The van der Waals surface area contributed by atoms with E-state index in [4.69, 9.17) is 30.3 Å². The number of methoxy groups -OCH3 is 1. The normalized spacial score (nSPS) is 30.3. The molecule has 0 radical (unpaired) electrons. The zero-order valence-electron chi connectivity index (χ0n) is 12.3. The molecule has 0 spiro atoms. The van der Waals surface area contributed by atoms with E-state index >= 15 is 0 Å². The summed E-state index contributed by atoms with van der Waals surface area (Å²) in [6.45, 7) is -3.54. The van der Waals surface area contributed by atoms with Gasteiger partial charge in [-0.25, -0.2) is 4.79 Å². The second-order valence-electron chi connectivity index (χ2n) is 4.75. The van der Waals surface area contributed by atoms with E-state index in [9.17, 15) is 19.6 Å². The van der Waals surface area contributed by atoms with Crippen molar-refractivity contribution in [2.24, 2.45) is 0 Å². The first-order chi connectivity index (χ1) is 10.8. The lowest BCUT2D eigenvalue weighted by atomic mass is 10.1. The van der Waals surface area contributed by atoms with Gasteiger partial charge in [0.15, 0.2) is 6.23 Å². The fourth-order valence-electron chi connectivity index (χ4n) is 2.20. The highest BCUT2D eigenvalue weighted by Crippen LogP contribution is 2.47. The minimum absolute atomic E-state index is 0.0232. The Balaban J connectivity index is 2.32. The highest BCUT2D eigenvalue weighted by Gasteiger charge is 2.48. The molecule has 130 valence electrons. The molecule has 1 aromatic rings. The molecule has 1 aromatic heterocycles. The third-order valence-corrected chi connectivity index (χ3v) is 4.93. The van der Waals surface area contributed by atoms with Gasteiger partial charge in [-0.3, -0.25) is 18.9 Å². The molecule has 10 nitrogen and oxygen atoms in total. The number of aromatic nitrogens is 2. The van der Waals surface area contributed by atoms with E-state index in [1.165, 1.54) is 20.4 Å². The van der Waals surface area contributed by atoms with E-state index in [0.717, 1.165) is 10.6 Å². The number of ether oxygens (including phenoxy) is 2. The molecule has 0 aliphatic carbocycles. The molecule has 1 fully saturated rings. The number of hydrogen-bond donors (Lipinski definition) is 3. The Morgan fingerprint density at radius 1 is 1.48 bits per heavy atom. The van der Waals surface area contributed by atoms with Crippen LogP contribution in [0.25, 0.3) is 0 Å². The minimum Gasteiger partial charge on any atom is -0.386 e. The average Bonchev–Trinajstić information content (AvgIpc) is 2.77. The lowest BCUT2D eigenvalue weighted by molar-refractivity contribution is -0.0609. The lowest BCUT2D eigenvalue weighted by Crippen LogP contribution is -2.38. The average molecular weight is 368 g/mol. The fourth-order valence-corrected chi connectivity index (χ4v) is 3.15. The molecule has 1 unspecified atom stereocenters. The first kappa shape index (κ1) is 18.4. The molecule has 0 saturated carbocycles. The predicted octanol–water partition coefficient (Wildman–Crippen LogP) is -1.31. The highest BCUT2D eigenvalue weighted by molar-refractivity contribution is 8.07. The van der Waals surface area contributed by atoms with Crippen LogP contribution >= 0.6 is 6.72 Å². The summed E-state index contributed by atoms with van der Waals surface area (Å²) in [5, 5.41) is 10.4. The maximum Gasteiger partial charge on any atom is 0.330 e. The Bertz CT molecular complexity index is 706. The summed E-state index contributed by atoms with van der Waals surface area (Å²) in [7, 11) is 2.59. The zero-order valence-corrected chi connectivity index (χ0v) is 14.0. The number of rotatable bonds is 6. The van der Waals surface area contributed by atoms with Crippen LogP contribution in [0.3, 0.4) is 0 Å². The van der Waals surface area contributed by atoms with Crippen molar-refractivity contribution in [3.63, 3.8) is 0 Å². The van der Waals surface area contributed by atoms with Gasteiger partial charge in [0.1, 0.15) is 18.3 Å². The van der Waals surface area contributed by atoms with Crippen molar-refractivity contribution in [1.82, 2.24) is 9.55 Å². The second-order valence-corrected chi connectivity index (χ2v) is 7.65. The summed E-state index contributed by atoms with van der Waals surface area (Å²) >= 11 is 4.77. The number of hydrogen-bond acceptors (Lipinski definition) is 8. The lowest BCUT2D eigenvalue weighted by Gasteiger charge is -2.24. The summed E-state index contributed by atoms with van der Waals surface area (Å²) in [5.41, 5.74) is -1.33. The van der Waals surface area contributed by atoms with Crippen molar-refractivity contribution in [3.8, 4) is 0 Å². The Morgan fingerprint density at radius 3 is 2.74 bits per heavy atom. The van der Waals surface area contributed by atoms with Gasteiger partial charge in [-0.1, -0.05) is 0 Å². The molecule has 1 saturated heterocycles. The molecule has 0 amide bonds. The second kappa shape index (κ2) is 7.32. The van der Waals surface area contributed by atoms with Crippen LogP contribution in [-0.4, -0.2) is 58.7 Å². The third kappa shape index (κ3) is 4.14. The van der Waals surface area contributed by atoms with E-state index in [2.05, 4.69) is 4.98 Å². The summed E-state index contributed by atoms with van der Waals surface area (Å²) in [4.78, 5) is 34.8. The van der Waals surface area contributed by atoms with Crippen LogP contribution in [0.1, 0.15) is 6.23 Å². The van der Waals surface area contributed by atoms with Gasteiger partial charge < -0.3 is 24.0 Å². The molecule has 2 heterocycles. The number of aliphatic hydroxyl groups excluding tert-OH is 1. The van der Waals surface area contributed by atoms with Gasteiger partial charge in [0.25, 0.3) is 5.56 Å². The number of nitrogens with zero attached hydrogens (tertiary/aromatic N) is 1. The van der Waals surface area contributed by atoms with Gasteiger partial charge >= 0.3 is 12.4 Å². The highest BCUT2D eigenvalue weighted by atomic mass is 32.5. The van der Waals surface area contributed by atoms with Crippen molar-refractivity contribution in [1.29, 1.82) is 0 Å². The molecule has 1 aliphatic rings. The van der Waals surface area contributed by atoms with E-state index < -0.39 is 42.5 Å².